The quantitative estimate of drug-likeness (QED) is 0.623. The highest BCUT2D eigenvalue weighted by molar-refractivity contribution is 5.76. The maximum absolute atomic E-state index is 11.4. The number of rotatable bonds is 2. The molecule has 2 fully saturated rings. The summed E-state index contributed by atoms with van der Waals surface area (Å²) in [4.78, 5) is 11.4. The fourth-order valence-electron chi connectivity index (χ4n) is 5.85. The Morgan fingerprint density at radius 3 is 2.70 bits per heavy atom. The SMILES string of the molecule is CC(C)C1=C2[C@H]3C[C@H]4O[C@](O)(C=C4C=O)[C@]3(C)CC[C@@]2(C)CC1. The predicted octanol–water partition coefficient (Wildman–Crippen LogP) is 3.77. The lowest BCUT2D eigenvalue weighted by molar-refractivity contribution is -0.288. The zero-order chi connectivity index (χ0) is 16.6. The van der Waals surface area contributed by atoms with Crippen molar-refractivity contribution in [3.63, 3.8) is 0 Å². The molecule has 0 aromatic carbocycles. The summed E-state index contributed by atoms with van der Waals surface area (Å²) in [6, 6.07) is 0. The van der Waals surface area contributed by atoms with Crippen LogP contribution in [-0.4, -0.2) is 23.3 Å². The number of aliphatic hydroxyl groups is 1. The summed E-state index contributed by atoms with van der Waals surface area (Å²) < 4.78 is 5.95. The van der Waals surface area contributed by atoms with Crippen LogP contribution in [0.3, 0.4) is 0 Å². The molecule has 0 aromatic rings. The molecule has 2 bridgehead atoms. The molecule has 0 radical (unpaired) electrons. The Balaban J connectivity index is 1.86. The number of hydrogen-bond donors (Lipinski definition) is 1. The van der Waals surface area contributed by atoms with Gasteiger partial charge in [-0.1, -0.05) is 38.8 Å². The Kier molecular flexibility index (Phi) is 3.10. The Hall–Kier alpha value is -0.930. The van der Waals surface area contributed by atoms with Crippen molar-refractivity contribution < 1.29 is 14.6 Å². The second kappa shape index (κ2) is 4.58. The molecule has 2 aliphatic carbocycles. The van der Waals surface area contributed by atoms with Gasteiger partial charge >= 0.3 is 0 Å². The smallest absolute Gasteiger partial charge is 0.192 e. The molecule has 3 heteroatoms. The van der Waals surface area contributed by atoms with E-state index in [0.29, 0.717) is 17.4 Å². The van der Waals surface area contributed by atoms with E-state index in [4.69, 9.17) is 4.74 Å². The fourth-order valence-corrected chi connectivity index (χ4v) is 5.85. The molecule has 5 atom stereocenters. The fraction of sp³-hybridized carbons (Fsp3) is 0.750. The van der Waals surface area contributed by atoms with E-state index < -0.39 is 5.79 Å². The third-order valence-electron chi connectivity index (χ3n) is 7.41. The number of carbonyl (C=O) groups excluding carboxylic acids is 1. The van der Waals surface area contributed by atoms with Crippen molar-refractivity contribution in [2.45, 2.75) is 71.7 Å². The molecule has 2 heterocycles. The van der Waals surface area contributed by atoms with Crippen LogP contribution in [-0.2, 0) is 9.53 Å². The van der Waals surface area contributed by atoms with Gasteiger partial charge in [0.25, 0.3) is 0 Å². The minimum absolute atomic E-state index is 0.237. The van der Waals surface area contributed by atoms with E-state index in [1.165, 1.54) is 12.8 Å². The van der Waals surface area contributed by atoms with Crippen LogP contribution >= 0.6 is 0 Å². The number of ether oxygens (including phenoxy) is 1. The van der Waals surface area contributed by atoms with Crippen molar-refractivity contribution in [3.05, 3.63) is 22.8 Å². The van der Waals surface area contributed by atoms with Crippen molar-refractivity contribution in [2.75, 3.05) is 0 Å². The maximum atomic E-state index is 11.4. The summed E-state index contributed by atoms with van der Waals surface area (Å²) in [5.41, 5.74) is 3.77. The summed E-state index contributed by atoms with van der Waals surface area (Å²) in [5, 5.41) is 11.2. The van der Waals surface area contributed by atoms with Gasteiger partial charge in [0.15, 0.2) is 5.79 Å². The third-order valence-corrected chi connectivity index (χ3v) is 7.41. The molecule has 1 saturated carbocycles. The first-order chi connectivity index (χ1) is 10.7. The van der Waals surface area contributed by atoms with Gasteiger partial charge in [-0.3, -0.25) is 4.79 Å². The van der Waals surface area contributed by atoms with Gasteiger partial charge in [-0.2, -0.15) is 0 Å². The Morgan fingerprint density at radius 1 is 1.30 bits per heavy atom. The zero-order valence-corrected chi connectivity index (χ0v) is 14.7. The molecule has 0 spiro atoms. The Labute approximate surface area is 138 Å². The number of aldehydes is 1. The minimum Gasteiger partial charge on any atom is -0.362 e. The Bertz CT molecular complexity index is 631. The summed E-state index contributed by atoms with van der Waals surface area (Å²) in [5.74, 6) is -0.406. The van der Waals surface area contributed by atoms with Crippen LogP contribution in [0.4, 0.5) is 0 Å². The predicted molar refractivity (Wildman–Crippen MR) is 88.6 cm³/mol. The molecular formula is C20H28O3. The largest absolute Gasteiger partial charge is 0.362 e. The minimum atomic E-state index is -1.28. The molecule has 0 aromatic heterocycles. The summed E-state index contributed by atoms with van der Waals surface area (Å²) in [7, 11) is 0. The molecule has 2 aliphatic heterocycles. The van der Waals surface area contributed by atoms with Gasteiger partial charge in [-0.05, 0) is 55.4 Å². The molecule has 3 nitrogen and oxygen atoms in total. The zero-order valence-electron chi connectivity index (χ0n) is 14.7. The number of allylic oxidation sites excluding steroid dienone is 2. The molecule has 4 aliphatic rings. The molecule has 0 amide bonds. The first-order valence-corrected chi connectivity index (χ1v) is 9.06. The van der Waals surface area contributed by atoms with Crippen molar-refractivity contribution in [3.8, 4) is 0 Å². The average Bonchev–Trinajstić information content (AvgIpc) is 2.98. The first kappa shape index (κ1) is 15.6. The van der Waals surface area contributed by atoms with Crippen molar-refractivity contribution >= 4 is 6.29 Å². The number of hydrogen-bond acceptors (Lipinski definition) is 3. The van der Waals surface area contributed by atoms with E-state index in [0.717, 1.165) is 25.5 Å². The first-order valence-electron chi connectivity index (χ1n) is 9.06. The Morgan fingerprint density at radius 2 is 2.04 bits per heavy atom. The topological polar surface area (TPSA) is 46.5 Å². The van der Waals surface area contributed by atoms with Crippen LogP contribution in [0.25, 0.3) is 0 Å². The molecule has 0 unspecified atom stereocenters. The van der Waals surface area contributed by atoms with Gasteiger partial charge in [0, 0.05) is 11.0 Å². The van der Waals surface area contributed by atoms with Gasteiger partial charge in [-0.15, -0.1) is 0 Å². The summed E-state index contributed by atoms with van der Waals surface area (Å²) in [6.45, 7) is 9.16. The van der Waals surface area contributed by atoms with Crippen LogP contribution in [0.5, 0.6) is 0 Å². The average molecular weight is 316 g/mol. The molecule has 1 N–H and O–H groups in total. The van der Waals surface area contributed by atoms with Gasteiger partial charge in [-0.25, -0.2) is 0 Å². The molecule has 4 rings (SSSR count). The van der Waals surface area contributed by atoms with E-state index in [2.05, 4.69) is 27.7 Å². The summed E-state index contributed by atoms with van der Waals surface area (Å²) >= 11 is 0. The van der Waals surface area contributed by atoms with Crippen LogP contribution in [0.15, 0.2) is 22.8 Å². The monoisotopic (exact) mass is 316 g/mol. The highest BCUT2D eigenvalue weighted by Crippen LogP contribution is 2.67. The van der Waals surface area contributed by atoms with Gasteiger partial charge in [0.1, 0.15) is 6.29 Å². The summed E-state index contributed by atoms with van der Waals surface area (Å²) in [6.07, 6.45) is 7.66. The van der Waals surface area contributed by atoms with Gasteiger partial charge in [0.05, 0.1) is 6.10 Å². The van der Waals surface area contributed by atoms with E-state index in [9.17, 15) is 9.90 Å². The second-order valence-electron chi connectivity index (χ2n) is 8.93. The van der Waals surface area contributed by atoms with Crippen LogP contribution in [0.2, 0.25) is 0 Å². The van der Waals surface area contributed by atoms with E-state index in [1.807, 2.05) is 0 Å². The van der Waals surface area contributed by atoms with Crippen molar-refractivity contribution in [2.24, 2.45) is 22.7 Å². The van der Waals surface area contributed by atoms with Crippen LogP contribution in [0.1, 0.15) is 59.8 Å². The van der Waals surface area contributed by atoms with Crippen LogP contribution < -0.4 is 0 Å². The van der Waals surface area contributed by atoms with Crippen molar-refractivity contribution in [1.82, 2.24) is 0 Å². The second-order valence-corrected chi connectivity index (χ2v) is 8.93. The van der Waals surface area contributed by atoms with Crippen molar-refractivity contribution in [1.29, 1.82) is 0 Å². The molecule has 126 valence electrons. The van der Waals surface area contributed by atoms with E-state index >= 15 is 0 Å². The lowest BCUT2D eigenvalue weighted by atomic mass is 9.52. The van der Waals surface area contributed by atoms with E-state index in [-0.39, 0.29) is 16.9 Å². The molecule has 23 heavy (non-hydrogen) atoms. The van der Waals surface area contributed by atoms with Gasteiger partial charge < -0.3 is 9.84 Å². The maximum Gasteiger partial charge on any atom is 0.192 e. The number of fused-ring (bicyclic) bond motifs is 6. The lowest BCUT2D eigenvalue weighted by Crippen LogP contribution is -2.58. The molecular weight excluding hydrogens is 288 g/mol. The highest BCUT2D eigenvalue weighted by Gasteiger charge is 2.65. The molecule has 1 saturated heterocycles. The standard InChI is InChI=1S/C20H28O3/c1-12(2)14-5-6-18(3)7-8-19(4)15(17(14)18)9-16-13(11-21)10-20(19,22)23-16/h10-12,15-16,22H,5-9H2,1-4H3/t15-,16-,18-,19-,20-/m1/s1. The number of carbonyl (C=O) groups is 1. The van der Waals surface area contributed by atoms with Crippen LogP contribution in [0, 0.1) is 22.7 Å². The highest BCUT2D eigenvalue weighted by atomic mass is 16.6. The van der Waals surface area contributed by atoms with Gasteiger partial charge in [0.2, 0.25) is 0 Å². The normalized spacial score (nSPS) is 48.3. The third kappa shape index (κ3) is 1.81. The lowest BCUT2D eigenvalue weighted by Gasteiger charge is -2.57. The van der Waals surface area contributed by atoms with E-state index in [1.54, 1.807) is 17.2 Å².